The van der Waals surface area contributed by atoms with Gasteiger partial charge in [0.05, 0.1) is 5.56 Å². The summed E-state index contributed by atoms with van der Waals surface area (Å²) >= 11 is 0. The van der Waals surface area contributed by atoms with Crippen molar-refractivity contribution in [3.05, 3.63) is 77.2 Å². The van der Waals surface area contributed by atoms with Gasteiger partial charge in [-0.25, -0.2) is 9.37 Å². The summed E-state index contributed by atoms with van der Waals surface area (Å²) in [6.45, 7) is 0.536. The van der Waals surface area contributed by atoms with Gasteiger partial charge in [-0.05, 0) is 42.3 Å². The number of hydrogen-bond acceptors (Lipinski definition) is 4. The monoisotopic (exact) mass is 417 g/mol. The molecule has 154 valence electrons. The van der Waals surface area contributed by atoms with Crippen LogP contribution in [0.3, 0.4) is 0 Å². The first kappa shape index (κ1) is 19.7. The molecule has 3 aromatic rings. The summed E-state index contributed by atoms with van der Waals surface area (Å²) in [7, 11) is 0. The summed E-state index contributed by atoms with van der Waals surface area (Å²) in [6, 6.07) is 10.2. The molecule has 0 saturated carbocycles. The van der Waals surface area contributed by atoms with Crippen molar-refractivity contribution >= 4 is 17.4 Å². The van der Waals surface area contributed by atoms with Gasteiger partial charge in [0.25, 0.3) is 0 Å². The van der Waals surface area contributed by atoms with Crippen molar-refractivity contribution in [1.82, 2.24) is 4.98 Å². The first-order chi connectivity index (χ1) is 14.2. The summed E-state index contributed by atoms with van der Waals surface area (Å²) in [5, 5.41) is 0. The Hall–Kier alpha value is -3.62. The number of benzene rings is 2. The van der Waals surface area contributed by atoms with Crippen LogP contribution in [0.4, 0.5) is 29.1 Å². The van der Waals surface area contributed by atoms with Gasteiger partial charge in [0.15, 0.2) is 0 Å². The number of anilines is 2. The van der Waals surface area contributed by atoms with Gasteiger partial charge in [-0.1, -0.05) is 6.07 Å². The van der Waals surface area contributed by atoms with E-state index < -0.39 is 23.5 Å². The van der Waals surface area contributed by atoms with Crippen LogP contribution in [-0.4, -0.2) is 17.4 Å². The van der Waals surface area contributed by atoms with Crippen LogP contribution in [0.15, 0.2) is 54.7 Å². The highest BCUT2D eigenvalue weighted by molar-refractivity contribution is 5.96. The second-order valence-corrected chi connectivity index (χ2v) is 6.69. The Kier molecular flexibility index (Phi) is 4.81. The lowest BCUT2D eigenvalue weighted by Crippen LogP contribution is -2.15. The van der Waals surface area contributed by atoms with Crippen molar-refractivity contribution in [2.75, 3.05) is 11.4 Å². The standard InChI is InChI=1S/C21H15F4N3O2/c22-13-8-12(21(23,24)25)9-15(10-13)30-14-4-6-27-19(11-14)28-7-5-16-17(20(26)29)2-1-3-18(16)28/h1-4,6,8-11H,5,7H2,(H2,26,29). The van der Waals surface area contributed by atoms with E-state index in [-0.39, 0.29) is 11.5 Å². The number of primary amides is 1. The lowest BCUT2D eigenvalue weighted by atomic mass is 10.0. The van der Waals surface area contributed by atoms with Gasteiger partial charge in [-0.3, -0.25) is 4.79 Å². The average molecular weight is 417 g/mol. The van der Waals surface area contributed by atoms with Crippen molar-refractivity contribution in [1.29, 1.82) is 0 Å². The van der Waals surface area contributed by atoms with Crippen LogP contribution < -0.4 is 15.4 Å². The van der Waals surface area contributed by atoms with Gasteiger partial charge in [0.1, 0.15) is 23.1 Å². The van der Waals surface area contributed by atoms with Crippen LogP contribution in [0.25, 0.3) is 0 Å². The minimum atomic E-state index is -4.69. The smallest absolute Gasteiger partial charge is 0.416 e. The number of carbonyl (C=O) groups is 1. The molecule has 0 aliphatic carbocycles. The molecule has 30 heavy (non-hydrogen) atoms. The fourth-order valence-electron chi connectivity index (χ4n) is 3.44. The Bertz CT molecular complexity index is 1130. The van der Waals surface area contributed by atoms with Gasteiger partial charge >= 0.3 is 6.18 Å². The molecule has 1 aliphatic heterocycles. The number of carbonyl (C=O) groups excluding carboxylic acids is 1. The maximum atomic E-state index is 13.6. The van der Waals surface area contributed by atoms with Gasteiger partial charge in [-0.15, -0.1) is 0 Å². The number of pyridine rings is 1. The molecule has 1 aromatic heterocycles. The maximum Gasteiger partial charge on any atom is 0.416 e. The number of nitrogens with two attached hydrogens (primary N) is 1. The number of alkyl halides is 3. The number of amides is 1. The first-order valence-electron chi connectivity index (χ1n) is 8.93. The fraction of sp³-hybridized carbons (Fsp3) is 0.143. The van der Waals surface area contributed by atoms with E-state index >= 15 is 0 Å². The lowest BCUT2D eigenvalue weighted by molar-refractivity contribution is -0.137. The Balaban J connectivity index is 1.64. The van der Waals surface area contributed by atoms with Gasteiger partial charge < -0.3 is 15.4 Å². The van der Waals surface area contributed by atoms with Crippen LogP contribution in [-0.2, 0) is 12.6 Å². The van der Waals surface area contributed by atoms with E-state index in [0.717, 1.165) is 23.4 Å². The van der Waals surface area contributed by atoms with E-state index in [9.17, 15) is 22.4 Å². The van der Waals surface area contributed by atoms with Gasteiger partial charge in [0, 0.05) is 36.1 Å². The molecule has 0 saturated heterocycles. The molecule has 0 atom stereocenters. The van der Waals surface area contributed by atoms with Crippen LogP contribution in [0.2, 0.25) is 0 Å². The van der Waals surface area contributed by atoms with Gasteiger partial charge in [-0.2, -0.15) is 13.2 Å². The number of nitrogens with zero attached hydrogens (tertiary/aromatic N) is 2. The van der Waals surface area contributed by atoms with Crippen molar-refractivity contribution in [2.45, 2.75) is 12.6 Å². The predicted octanol–water partition coefficient (Wildman–Crippen LogP) is 4.82. The summed E-state index contributed by atoms with van der Waals surface area (Å²) in [6.07, 6.45) is -2.67. The van der Waals surface area contributed by atoms with Crippen molar-refractivity contribution in [2.24, 2.45) is 5.73 Å². The number of ether oxygens (including phenoxy) is 1. The zero-order chi connectivity index (χ0) is 21.5. The van der Waals surface area contributed by atoms with Crippen molar-refractivity contribution in [3.63, 3.8) is 0 Å². The zero-order valence-electron chi connectivity index (χ0n) is 15.4. The third kappa shape index (κ3) is 3.78. The van der Waals surface area contributed by atoms with Crippen LogP contribution in [0, 0.1) is 5.82 Å². The summed E-state index contributed by atoms with van der Waals surface area (Å²) in [5.74, 6) is -1.19. The van der Waals surface area contributed by atoms with Crippen LogP contribution in [0.5, 0.6) is 11.5 Å². The SMILES string of the molecule is NC(=O)c1cccc2c1CCN2c1cc(Oc2cc(F)cc(C(F)(F)F)c2)ccn1. The topological polar surface area (TPSA) is 68.5 Å². The zero-order valence-corrected chi connectivity index (χ0v) is 15.4. The number of halogens is 4. The average Bonchev–Trinajstić information content (AvgIpc) is 3.11. The molecule has 0 radical (unpaired) electrons. The predicted molar refractivity (Wildman–Crippen MR) is 101 cm³/mol. The highest BCUT2D eigenvalue weighted by Crippen LogP contribution is 2.38. The molecular weight excluding hydrogens is 402 g/mol. The number of aromatic nitrogens is 1. The van der Waals surface area contributed by atoms with E-state index in [1.165, 1.54) is 18.3 Å². The Morgan fingerprint density at radius 1 is 1.10 bits per heavy atom. The minimum absolute atomic E-state index is 0.193. The van der Waals surface area contributed by atoms with Crippen molar-refractivity contribution < 1.29 is 27.1 Å². The van der Waals surface area contributed by atoms with Crippen LogP contribution >= 0.6 is 0 Å². The Labute approximate surface area is 168 Å². The second kappa shape index (κ2) is 7.33. The summed E-state index contributed by atoms with van der Waals surface area (Å²) in [4.78, 5) is 17.8. The fourth-order valence-corrected chi connectivity index (χ4v) is 3.44. The molecule has 0 spiro atoms. The molecule has 1 aliphatic rings. The van der Waals surface area contributed by atoms with Crippen LogP contribution in [0.1, 0.15) is 21.5 Å². The Morgan fingerprint density at radius 3 is 2.63 bits per heavy atom. The Morgan fingerprint density at radius 2 is 1.90 bits per heavy atom. The molecule has 9 heteroatoms. The molecule has 2 N–H and O–H groups in total. The van der Waals surface area contributed by atoms with E-state index in [2.05, 4.69) is 4.98 Å². The summed E-state index contributed by atoms with van der Waals surface area (Å²) in [5.41, 5.74) is 6.29. The molecule has 0 unspecified atom stereocenters. The molecule has 4 rings (SSSR count). The number of hydrogen-bond donors (Lipinski definition) is 1. The number of fused-ring (bicyclic) bond motifs is 1. The van der Waals surface area contributed by atoms with E-state index in [4.69, 9.17) is 10.5 Å². The first-order valence-corrected chi connectivity index (χ1v) is 8.93. The van der Waals surface area contributed by atoms with Crippen molar-refractivity contribution in [3.8, 4) is 11.5 Å². The van der Waals surface area contributed by atoms with E-state index in [0.29, 0.717) is 30.4 Å². The third-order valence-corrected chi connectivity index (χ3v) is 4.72. The molecule has 1 amide bonds. The molecule has 0 fully saturated rings. The quantitative estimate of drug-likeness (QED) is 0.618. The minimum Gasteiger partial charge on any atom is -0.457 e. The molecule has 2 heterocycles. The van der Waals surface area contributed by atoms with E-state index in [1.807, 2.05) is 11.0 Å². The molecule has 2 aromatic carbocycles. The molecule has 0 bridgehead atoms. The molecule has 5 nitrogen and oxygen atoms in total. The normalized spacial score (nSPS) is 13.3. The highest BCUT2D eigenvalue weighted by atomic mass is 19.4. The summed E-state index contributed by atoms with van der Waals surface area (Å²) < 4.78 is 57.8. The molecular formula is C21H15F4N3O2. The van der Waals surface area contributed by atoms with Gasteiger partial charge in [0.2, 0.25) is 5.91 Å². The second-order valence-electron chi connectivity index (χ2n) is 6.69. The highest BCUT2D eigenvalue weighted by Gasteiger charge is 2.32. The lowest BCUT2D eigenvalue weighted by Gasteiger charge is -2.19. The number of rotatable bonds is 4. The largest absolute Gasteiger partial charge is 0.457 e. The maximum absolute atomic E-state index is 13.6. The van der Waals surface area contributed by atoms with E-state index in [1.54, 1.807) is 12.1 Å². The third-order valence-electron chi connectivity index (χ3n) is 4.72.